The Morgan fingerprint density at radius 2 is 1.71 bits per heavy atom. The van der Waals surface area contributed by atoms with E-state index in [-0.39, 0.29) is 0 Å². The standard InChI is InChI=1S/C18H20N6O.C4H6N2/c1-11-4-5-14(10-19-11)15-16-17(21-13(3)12(2)20-16)23-18(22-15)24-6-8-25-9-7-24;1-6-4-2-3-5-6/h4-5,10H,6-9H2,1-3H3;2-4H,1H3. The van der Waals surface area contributed by atoms with Gasteiger partial charge in [-0.15, -0.1) is 0 Å². The molecule has 0 aromatic carbocycles. The first-order chi connectivity index (χ1) is 15.0. The van der Waals surface area contributed by atoms with E-state index < -0.39 is 0 Å². The van der Waals surface area contributed by atoms with Crippen LogP contribution in [-0.4, -0.2) is 61.0 Å². The summed E-state index contributed by atoms with van der Waals surface area (Å²) in [5.41, 5.74) is 5.76. The van der Waals surface area contributed by atoms with Crippen LogP contribution in [0.4, 0.5) is 5.95 Å². The number of morpholine rings is 1. The number of hydrogen-bond donors (Lipinski definition) is 0. The molecule has 0 amide bonds. The predicted molar refractivity (Wildman–Crippen MR) is 119 cm³/mol. The third-order valence-electron chi connectivity index (χ3n) is 5.05. The van der Waals surface area contributed by atoms with Crippen molar-refractivity contribution in [3.63, 3.8) is 0 Å². The molecule has 0 N–H and O–H groups in total. The third-order valence-corrected chi connectivity index (χ3v) is 5.05. The minimum Gasteiger partial charge on any atom is -0.378 e. The number of nitrogens with zero attached hydrogens (tertiary/aromatic N) is 8. The second-order valence-electron chi connectivity index (χ2n) is 7.41. The van der Waals surface area contributed by atoms with Crippen molar-refractivity contribution in [2.75, 3.05) is 31.2 Å². The van der Waals surface area contributed by atoms with Crippen molar-refractivity contribution < 1.29 is 4.74 Å². The highest BCUT2D eigenvalue weighted by Gasteiger charge is 2.19. The van der Waals surface area contributed by atoms with Crippen LogP contribution in [0.25, 0.3) is 22.4 Å². The molecular weight excluding hydrogens is 392 g/mol. The summed E-state index contributed by atoms with van der Waals surface area (Å²) in [7, 11) is 1.89. The van der Waals surface area contributed by atoms with E-state index in [2.05, 4.69) is 25.0 Å². The van der Waals surface area contributed by atoms with Crippen molar-refractivity contribution in [2.24, 2.45) is 7.05 Å². The summed E-state index contributed by atoms with van der Waals surface area (Å²) in [5, 5.41) is 3.83. The molecule has 1 saturated heterocycles. The molecule has 4 aromatic heterocycles. The fourth-order valence-corrected chi connectivity index (χ4v) is 3.16. The van der Waals surface area contributed by atoms with Crippen LogP contribution in [0.15, 0.2) is 36.8 Å². The van der Waals surface area contributed by atoms with E-state index in [4.69, 9.17) is 14.7 Å². The van der Waals surface area contributed by atoms with Gasteiger partial charge in [-0.2, -0.15) is 10.1 Å². The fraction of sp³-hybridized carbons (Fsp3) is 0.364. The van der Waals surface area contributed by atoms with Gasteiger partial charge in [0.05, 0.1) is 24.6 Å². The Kier molecular flexibility index (Phi) is 6.13. The smallest absolute Gasteiger partial charge is 0.228 e. The van der Waals surface area contributed by atoms with Gasteiger partial charge in [0.25, 0.3) is 0 Å². The van der Waals surface area contributed by atoms with E-state index in [0.29, 0.717) is 30.3 Å². The van der Waals surface area contributed by atoms with Gasteiger partial charge in [-0.05, 0) is 39.0 Å². The van der Waals surface area contributed by atoms with Crippen LogP contribution in [0.1, 0.15) is 17.1 Å². The second kappa shape index (κ2) is 9.13. The van der Waals surface area contributed by atoms with E-state index in [9.17, 15) is 0 Å². The molecule has 0 saturated carbocycles. The maximum Gasteiger partial charge on any atom is 0.228 e. The third kappa shape index (κ3) is 4.83. The lowest BCUT2D eigenvalue weighted by atomic mass is 10.1. The molecule has 5 heterocycles. The molecule has 160 valence electrons. The number of aromatic nitrogens is 7. The lowest BCUT2D eigenvalue weighted by Crippen LogP contribution is -2.37. The van der Waals surface area contributed by atoms with Crippen LogP contribution in [0.2, 0.25) is 0 Å². The predicted octanol–water partition coefficient (Wildman–Crippen LogP) is 2.66. The van der Waals surface area contributed by atoms with Crippen molar-refractivity contribution in [1.82, 2.24) is 34.7 Å². The van der Waals surface area contributed by atoms with E-state index in [1.807, 2.05) is 58.4 Å². The second-order valence-corrected chi connectivity index (χ2v) is 7.41. The SMILES string of the molecule is Cc1ccc(-c2nc(N3CCOCC3)nc3nc(C)c(C)nc23)cn1.Cn1cccn1. The molecule has 1 aliphatic rings. The molecule has 0 radical (unpaired) electrons. The van der Waals surface area contributed by atoms with Crippen molar-refractivity contribution in [2.45, 2.75) is 20.8 Å². The lowest BCUT2D eigenvalue weighted by molar-refractivity contribution is 0.122. The van der Waals surface area contributed by atoms with Crippen LogP contribution in [-0.2, 0) is 11.8 Å². The molecule has 1 aliphatic heterocycles. The van der Waals surface area contributed by atoms with Crippen molar-refractivity contribution in [3.05, 3.63) is 53.9 Å². The number of hydrogen-bond acceptors (Lipinski definition) is 8. The van der Waals surface area contributed by atoms with E-state index >= 15 is 0 Å². The first-order valence-corrected chi connectivity index (χ1v) is 10.2. The summed E-state index contributed by atoms with van der Waals surface area (Å²) < 4.78 is 7.19. The highest BCUT2D eigenvalue weighted by atomic mass is 16.5. The minimum atomic E-state index is 0.621. The summed E-state index contributed by atoms with van der Waals surface area (Å²) in [5.74, 6) is 0.670. The van der Waals surface area contributed by atoms with Crippen molar-refractivity contribution >= 4 is 17.1 Å². The molecule has 0 atom stereocenters. The molecule has 0 spiro atoms. The molecule has 5 rings (SSSR count). The molecule has 1 fully saturated rings. The summed E-state index contributed by atoms with van der Waals surface area (Å²) in [6.07, 6.45) is 5.47. The van der Waals surface area contributed by atoms with Gasteiger partial charge >= 0.3 is 0 Å². The number of fused-ring (bicyclic) bond motifs is 1. The normalized spacial score (nSPS) is 13.7. The maximum atomic E-state index is 5.44. The number of aryl methyl sites for hydroxylation is 4. The number of rotatable bonds is 2. The Balaban J connectivity index is 0.000000334. The highest BCUT2D eigenvalue weighted by Crippen LogP contribution is 2.27. The number of pyridine rings is 1. The van der Waals surface area contributed by atoms with Gasteiger partial charge in [-0.25, -0.2) is 15.0 Å². The zero-order valence-electron chi connectivity index (χ0n) is 18.3. The van der Waals surface area contributed by atoms with Gasteiger partial charge in [-0.3, -0.25) is 9.67 Å². The van der Waals surface area contributed by atoms with Crippen LogP contribution >= 0.6 is 0 Å². The maximum absolute atomic E-state index is 5.44. The average molecular weight is 419 g/mol. The Hall–Kier alpha value is -3.46. The quantitative estimate of drug-likeness (QED) is 0.490. The van der Waals surface area contributed by atoms with E-state index in [1.165, 1.54) is 0 Å². The first kappa shape index (κ1) is 20.8. The Morgan fingerprint density at radius 1 is 0.935 bits per heavy atom. The van der Waals surface area contributed by atoms with E-state index in [0.717, 1.165) is 41.4 Å². The van der Waals surface area contributed by atoms with E-state index in [1.54, 1.807) is 10.9 Å². The molecule has 0 bridgehead atoms. The summed E-state index contributed by atoms with van der Waals surface area (Å²) >= 11 is 0. The molecule has 0 unspecified atom stereocenters. The topological polar surface area (TPSA) is 94.7 Å². The lowest BCUT2D eigenvalue weighted by Gasteiger charge is -2.27. The average Bonchev–Trinajstić information content (AvgIpc) is 3.26. The van der Waals surface area contributed by atoms with Gasteiger partial charge in [0.2, 0.25) is 5.95 Å². The summed E-state index contributed by atoms with van der Waals surface area (Å²) in [6.45, 7) is 8.78. The van der Waals surface area contributed by atoms with Gasteiger partial charge < -0.3 is 9.64 Å². The van der Waals surface area contributed by atoms with Crippen LogP contribution in [0, 0.1) is 20.8 Å². The summed E-state index contributed by atoms with van der Waals surface area (Å²) in [4.78, 5) is 25.4. The van der Waals surface area contributed by atoms with Gasteiger partial charge in [0.1, 0.15) is 11.2 Å². The number of anilines is 1. The molecule has 31 heavy (non-hydrogen) atoms. The van der Waals surface area contributed by atoms with Gasteiger partial charge in [0.15, 0.2) is 5.65 Å². The first-order valence-electron chi connectivity index (χ1n) is 10.2. The van der Waals surface area contributed by atoms with Crippen molar-refractivity contribution in [3.8, 4) is 11.3 Å². The monoisotopic (exact) mass is 418 g/mol. The summed E-state index contributed by atoms with van der Waals surface area (Å²) in [6, 6.07) is 5.89. The Morgan fingerprint density at radius 3 is 2.32 bits per heavy atom. The van der Waals surface area contributed by atoms with Crippen LogP contribution in [0.5, 0.6) is 0 Å². The van der Waals surface area contributed by atoms with Crippen molar-refractivity contribution in [1.29, 1.82) is 0 Å². The highest BCUT2D eigenvalue weighted by molar-refractivity contribution is 5.87. The number of ether oxygens (including phenoxy) is 1. The molecule has 4 aromatic rings. The zero-order valence-corrected chi connectivity index (χ0v) is 18.3. The zero-order chi connectivity index (χ0) is 21.8. The fourth-order valence-electron chi connectivity index (χ4n) is 3.16. The molecule has 9 heteroatoms. The van der Waals surface area contributed by atoms with Gasteiger partial charge in [0, 0.05) is 50.0 Å². The molecule has 9 nitrogen and oxygen atoms in total. The van der Waals surface area contributed by atoms with Crippen LogP contribution < -0.4 is 4.90 Å². The molecule has 0 aliphatic carbocycles. The Bertz CT molecular complexity index is 1150. The largest absolute Gasteiger partial charge is 0.378 e. The van der Waals surface area contributed by atoms with Gasteiger partial charge in [-0.1, -0.05) is 0 Å². The minimum absolute atomic E-state index is 0.621. The Labute approximate surface area is 181 Å². The molecular formula is C22H26N8O. The van der Waals surface area contributed by atoms with Crippen LogP contribution in [0.3, 0.4) is 0 Å².